The first-order valence-electron chi connectivity index (χ1n) is 5.48. The Bertz CT molecular complexity index is 309. The van der Waals surface area contributed by atoms with Crippen LogP contribution in [0.2, 0.25) is 0 Å². The number of hydrogen-bond acceptors (Lipinski definition) is 4. The summed E-state index contributed by atoms with van der Waals surface area (Å²) in [6.07, 6.45) is 1.09. The second kappa shape index (κ2) is 5.53. The van der Waals surface area contributed by atoms with E-state index in [2.05, 4.69) is 41.4 Å². The van der Waals surface area contributed by atoms with Crippen LogP contribution in [0.15, 0.2) is 6.07 Å². The van der Waals surface area contributed by atoms with E-state index in [0.717, 1.165) is 30.4 Å². The Hall–Kier alpha value is -1.32. The van der Waals surface area contributed by atoms with E-state index in [1.54, 1.807) is 0 Å². The van der Waals surface area contributed by atoms with Crippen molar-refractivity contribution < 1.29 is 0 Å². The lowest BCUT2D eigenvalue weighted by Crippen LogP contribution is -2.13. The van der Waals surface area contributed by atoms with Gasteiger partial charge in [0.2, 0.25) is 0 Å². The third kappa shape index (κ3) is 4.14. The van der Waals surface area contributed by atoms with Crippen LogP contribution in [0, 0.1) is 6.92 Å². The maximum Gasteiger partial charge on any atom is 0.131 e. The molecule has 0 spiro atoms. The molecule has 0 saturated heterocycles. The molecule has 0 aliphatic rings. The molecule has 0 saturated carbocycles. The quantitative estimate of drug-likeness (QED) is 0.780. The van der Waals surface area contributed by atoms with Gasteiger partial charge < -0.3 is 10.6 Å². The number of rotatable bonds is 5. The van der Waals surface area contributed by atoms with Crippen LogP contribution in [-0.2, 0) is 0 Å². The lowest BCUT2D eigenvalue weighted by molar-refractivity contribution is 0.879. The van der Waals surface area contributed by atoms with Crippen LogP contribution in [0.3, 0.4) is 0 Å². The molecule has 2 N–H and O–H groups in total. The lowest BCUT2D eigenvalue weighted by Gasteiger charge is -2.11. The highest BCUT2D eigenvalue weighted by molar-refractivity contribution is 5.47. The van der Waals surface area contributed by atoms with Gasteiger partial charge in [0.25, 0.3) is 0 Å². The van der Waals surface area contributed by atoms with Gasteiger partial charge >= 0.3 is 0 Å². The minimum absolute atomic E-state index is 0.387. The summed E-state index contributed by atoms with van der Waals surface area (Å²) >= 11 is 0. The summed E-state index contributed by atoms with van der Waals surface area (Å²) in [6.45, 7) is 9.17. The number of nitrogens with one attached hydrogen (secondary N) is 2. The molecule has 84 valence electrons. The van der Waals surface area contributed by atoms with Crippen LogP contribution in [0.5, 0.6) is 0 Å². The lowest BCUT2D eigenvalue weighted by atomic mass is 10.4. The second-order valence-electron chi connectivity index (χ2n) is 3.91. The number of hydrogen-bond donors (Lipinski definition) is 2. The number of nitrogens with zero attached hydrogens (tertiary/aromatic N) is 2. The second-order valence-corrected chi connectivity index (χ2v) is 3.91. The summed E-state index contributed by atoms with van der Waals surface area (Å²) in [7, 11) is 0. The van der Waals surface area contributed by atoms with Gasteiger partial charge in [-0.3, -0.25) is 0 Å². The Labute approximate surface area is 91.5 Å². The van der Waals surface area contributed by atoms with Crippen molar-refractivity contribution in [3.05, 3.63) is 11.9 Å². The predicted octanol–water partition coefficient (Wildman–Crippen LogP) is 2.43. The first kappa shape index (κ1) is 11.8. The van der Waals surface area contributed by atoms with E-state index < -0.39 is 0 Å². The Balaban J connectivity index is 2.75. The van der Waals surface area contributed by atoms with Crippen molar-refractivity contribution in [3.63, 3.8) is 0 Å². The zero-order valence-corrected chi connectivity index (χ0v) is 9.96. The van der Waals surface area contributed by atoms with Gasteiger partial charge in [0, 0.05) is 18.7 Å². The summed E-state index contributed by atoms with van der Waals surface area (Å²) in [6, 6.07) is 2.33. The van der Waals surface area contributed by atoms with Crippen molar-refractivity contribution >= 4 is 11.6 Å². The largest absolute Gasteiger partial charge is 0.370 e. The van der Waals surface area contributed by atoms with E-state index in [-0.39, 0.29) is 0 Å². The molecule has 4 heteroatoms. The molecule has 4 nitrogen and oxygen atoms in total. The van der Waals surface area contributed by atoms with E-state index in [1.165, 1.54) is 0 Å². The summed E-state index contributed by atoms with van der Waals surface area (Å²) in [5.74, 6) is 2.57. The first-order chi connectivity index (χ1) is 7.11. The molecule has 15 heavy (non-hydrogen) atoms. The molecule has 1 aromatic rings. The van der Waals surface area contributed by atoms with Gasteiger partial charge in [-0.15, -0.1) is 0 Å². The molecule has 0 unspecified atom stereocenters. The molecule has 0 fully saturated rings. The standard InChI is InChI=1S/C11H20N4/c1-5-6-12-10-7-11(13-8(2)3)15-9(4)14-10/h7-8H,5-6H2,1-4H3,(H2,12,13,14,15). The predicted molar refractivity (Wildman–Crippen MR) is 64.3 cm³/mol. The van der Waals surface area contributed by atoms with Gasteiger partial charge in [-0.1, -0.05) is 6.92 Å². The number of aryl methyl sites for hydroxylation is 1. The molecule has 0 atom stereocenters. The third-order valence-corrected chi connectivity index (χ3v) is 1.83. The normalized spacial score (nSPS) is 10.5. The van der Waals surface area contributed by atoms with Crippen LogP contribution in [0.25, 0.3) is 0 Å². The number of anilines is 2. The third-order valence-electron chi connectivity index (χ3n) is 1.83. The molecule has 1 heterocycles. The fourth-order valence-corrected chi connectivity index (χ4v) is 1.28. The van der Waals surface area contributed by atoms with Crippen molar-refractivity contribution in [2.45, 2.75) is 40.2 Å². The molecule has 0 bridgehead atoms. The van der Waals surface area contributed by atoms with Gasteiger partial charge in [0.05, 0.1) is 0 Å². The van der Waals surface area contributed by atoms with E-state index in [1.807, 2.05) is 13.0 Å². The summed E-state index contributed by atoms with van der Waals surface area (Å²) in [4.78, 5) is 8.64. The molecule has 0 radical (unpaired) electrons. The summed E-state index contributed by atoms with van der Waals surface area (Å²) in [5.41, 5.74) is 0. The van der Waals surface area contributed by atoms with Crippen molar-refractivity contribution in [1.29, 1.82) is 0 Å². The van der Waals surface area contributed by atoms with Gasteiger partial charge in [-0.05, 0) is 27.2 Å². The number of aromatic nitrogens is 2. The van der Waals surface area contributed by atoms with Gasteiger partial charge in [0.1, 0.15) is 17.5 Å². The molecule has 0 aliphatic carbocycles. The average Bonchev–Trinajstić information content (AvgIpc) is 2.12. The fourth-order valence-electron chi connectivity index (χ4n) is 1.28. The topological polar surface area (TPSA) is 49.8 Å². The fraction of sp³-hybridized carbons (Fsp3) is 0.636. The van der Waals surface area contributed by atoms with Crippen LogP contribution in [0.4, 0.5) is 11.6 Å². The van der Waals surface area contributed by atoms with Crippen molar-refractivity contribution in [2.75, 3.05) is 17.2 Å². The van der Waals surface area contributed by atoms with E-state index in [9.17, 15) is 0 Å². The maximum absolute atomic E-state index is 4.32. The molecule has 1 aromatic heterocycles. The molecule has 0 amide bonds. The Morgan fingerprint density at radius 1 is 1.27 bits per heavy atom. The Kier molecular flexibility index (Phi) is 4.34. The SMILES string of the molecule is CCCNc1cc(NC(C)C)nc(C)n1. The van der Waals surface area contributed by atoms with E-state index >= 15 is 0 Å². The van der Waals surface area contributed by atoms with Gasteiger partial charge in [-0.25, -0.2) is 9.97 Å². The van der Waals surface area contributed by atoms with Crippen molar-refractivity contribution in [1.82, 2.24) is 9.97 Å². The van der Waals surface area contributed by atoms with Crippen LogP contribution < -0.4 is 10.6 Å². The summed E-state index contributed by atoms with van der Waals surface area (Å²) < 4.78 is 0. The monoisotopic (exact) mass is 208 g/mol. The van der Waals surface area contributed by atoms with Crippen LogP contribution in [0.1, 0.15) is 33.0 Å². The summed E-state index contributed by atoms with van der Waals surface area (Å²) in [5, 5.41) is 6.53. The molecule has 0 aromatic carbocycles. The first-order valence-corrected chi connectivity index (χ1v) is 5.48. The van der Waals surface area contributed by atoms with Crippen LogP contribution in [-0.4, -0.2) is 22.6 Å². The zero-order valence-electron chi connectivity index (χ0n) is 9.96. The average molecular weight is 208 g/mol. The molecular weight excluding hydrogens is 188 g/mol. The Morgan fingerprint density at radius 2 is 1.93 bits per heavy atom. The molecule has 1 rings (SSSR count). The van der Waals surface area contributed by atoms with Gasteiger partial charge in [-0.2, -0.15) is 0 Å². The van der Waals surface area contributed by atoms with Crippen LogP contribution >= 0.6 is 0 Å². The van der Waals surface area contributed by atoms with Gasteiger partial charge in [0.15, 0.2) is 0 Å². The highest BCUT2D eigenvalue weighted by atomic mass is 15.1. The Morgan fingerprint density at radius 3 is 2.53 bits per heavy atom. The zero-order chi connectivity index (χ0) is 11.3. The minimum atomic E-state index is 0.387. The van der Waals surface area contributed by atoms with Crippen molar-refractivity contribution in [2.24, 2.45) is 0 Å². The highest BCUT2D eigenvalue weighted by Gasteiger charge is 2.02. The van der Waals surface area contributed by atoms with E-state index in [4.69, 9.17) is 0 Å². The van der Waals surface area contributed by atoms with E-state index in [0.29, 0.717) is 6.04 Å². The molecule has 0 aliphatic heterocycles. The van der Waals surface area contributed by atoms with Crippen molar-refractivity contribution in [3.8, 4) is 0 Å². The molecular formula is C11H20N4. The minimum Gasteiger partial charge on any atom is -0.370 e. The maximum atomic E-state index is 4.32. The highest BCUT2D eigenvalue weighted by Crippen LogP contribution is 2.11. The smallest absolute Gasteiger partial charge is 0.131 e.